The van der Waals surface area contributed by atoms with Crippen molar-refractivity contribution in [2.24, 2.45) is 5.41 Å². The number of esters is 2. The van der Waals surface area contributed by atoms with Crippen LogP contribution in [0.15, 0.2) is 5.51 Å². The Morgan fingerprint density at radius 2 is 2.13 bits per heavy atom. The number of methoxy groups -OCH3 is 1. The van der Waals surface area contributed by atoms with E-state index < -0.39 is 44.3 Å². The Morgan fingerprint density at radius 1 is 1.42 bits per heavy atom. The zero-order chi connectivity index (χ0) is 23.2. The van der Waals surface area contributed by atoms with Crippen molar-refractivity contribution in [2.45, 2.75) is 46.1 Å². The van der Waals surface area contributed by atoms with Crippen LogP contribution in [-0.2, 0) is 32.6 Å². The molecule has 0 aromatic carbocycles. The Balaban J connectivity index is 1.92. The number of hydrogen-bond acceptors (Lipinski definition) is 11. The molecule has 2 heterocycles. The fourth-order valence-corrected chi connectivity index (χ4v) is 5.25. The fraction of sp³-hybridized carbons (Fsp3) is 0.667. The van der Waals surface area contributed by atoms with Gasteiger partial charge in [-0.25, -0.2) is 0 Å². The van der Waals surface area contributed by atoms with E-state index in [-0.39, 0.29) is 25.5 Å². The third-order valence-corrected chi connectivity index (χ3v) is 6.80. The second kappa shape index (κ2) is 10.8. The molecule has 0 radical (unpaired) electrons. The fourth-order valence-electron chi connectivity index (χ4n) is 2.70. The third-order valence-electron chi connectivity index (χ3n) is 4.46. The average molecular weight is 480 g/mol. The van der Waals surface area contributed by atoms with Gasteiger partial charge in [-0.15, -0.1) is 0 Å². The van der Waals surface area contributed by atoms with Crippen molar-refractivity contribution in [1.82, 2.24) is 10.3 Å². The van der Waals surface area contributed by atoms with Crippen LogP contribution in [0, 0.1) is 5.41 Å². The molecule has 176 valence electrons. The zero-order valence-electron chi connectivity index (χ0n) is 18.1. The van der Waals surface area contributed by atoms with E-state index in [4.69, 9.17) is 18.3 Å². The molecule has 1 aliphatic heterocycles. The number of rotatable bonds is 9. The van der Waals surface area contributed by atoms with Gasteiger partial charge in [0.15, 0.2) is 0 Å². The summed E-state index contributed by atoms with van der Waals surface area (Å²) in [5.74, 6) is -1.60. The minimum atomic E-state index is -4.25. The quantitative estimate of drug-likeness (QED) is 0.306. The molecular weight excluding hydrogens is 451 g/mol. The van der Waals surface area contributed by atoms with E-state index >= 15 is 0 Å². The Kier molecular flexibility index (Phi) is 8.87. The van der Waals surface area contributed by atoms with Gasteiger partial charge in [0.05, 0.1) is 0 Å². The summed E-state index contributed by atoms with van der Waals surface area (Å²) in [6.07, 6.45) is -1.10. The minimum absolute atomic E-state index is 0.00399. The van der Waals surface area contributed by atoms with Crippen LogP contribution >= 0.6 is 19.5 Å². The van der Waals surface area contributed by atoms with Crippen LogP contribution in [0.4, 0.5) is 0 Å². The molecule has 11 nitrogen and oxygen atoms in total. The van der Waals surface area contributed by atoms with Gasteiger partial charge in [0.2, 0.25) is 0 Å². The summed E-state index contributed by atoms with van der Waals surface area (Å²) in [6, 6.07) is 0. The van der Waals surface area contributed by atoms with Gasteiger partial charge in [-0.2, -0.15) is 0 Å². The molecule has 13 heteroatoms. The first kappa shape index (κ1) is 25.6. The summed E-state index contributed by atoms with van der Waals surface area (Å²) >= 11 is 1.15. The molecule has 2 rings (SSSR count). The summed E-state index contributed by atoms with van der Waals surface area (Å²) in [4.78, 5) is 51.1. The van der Waals surface area contributed by atoms with Crippen LogP contribution in [0.25, 0.3) is 0 Å². The molecule has 1 saturated heterocycles. The Labute approximate surface area is 185 Å². The number of amides is 1. The van der Waals surface area contributed by atoms with Gasteiger partial charge >= 0.3 is 185 Å². The van der Waals surface area contributed by atoms with E-state index in [9.17, 15) is 19.3 Å². The monoisotopic (exact) mass is 480 g/mol. The number of ether oxygens (including phenoxy) is 2. The predicted molar refractivity (Wildman–Crippen MR) is 112 cm³/mol. The maximum atomic E-state index is 12.5. The summed E-state index contributed by atoms with van der Waals surface area (Å²) in [5, 5.41) is 2.56. The standard InChI is InChI=1S/C18H29N2O9PS/c1-11(2)13-14(31-9-20-13)17(23)26-10-28-30(24)27-8-18(3,4)15(29-30)16(22)19-7-6-12(21)25-5/h9,11,15,24,30H,6-8,10H2,1-5H3,(H,19,22)/t15-/m0/s1. The number of nitrogens with zero attached hydrogens (tertiary/aromatic N) is 1. The van der Waals surface area contributed by atoms with Crippen molar-refractivity contribution in [3.63, 3.8) is 0 Å². The van der Waals surface area contributed by atoms with Crippen LogP contribution in [0.2, 0.25) is 0 Å². The first-order valence-corrected chi connectivity index (χ1v) is 12.2. The van der Waals surface area contributed by atoms with Crippen molar-refractivity contribution in [2.75, 3.05) is 27.1 Å². The molecule has 0 bridgehead atoms. The van der Waals surface area contributed by atoms with Crippen LogP contribution < -0.4 is 5.32 Å². The number of nitrogens with one attached hydrogen (secondary N) is 1. The van der Waals surface area contributed by atoms with Gasteiger partial charge < -0.3 is 0 Å². The second-order valence-electron chi connectivity index (χ2n) is 7.83. The van der Waals surface area contributed by atoms with Crippen LogP contribution in [0.1, 0.15) is 55.4 Å². The topological polar surface area (TPSA) is 143 Å². The molecule has 31 heavy (non-hydrogen) atoms. The summed E-state index contributed by atoms with van der Waals surface area (Å²) in [6.45, 7) is 6.66. The number of carbonyl (C=O) groups excluding carboxylic acids is 3. The number of thiazole rings is 1. The van der Waals surface area contributed by atoms with Crippen molar-refractivity contribution in [1.29, 1.82) is 0 Å². The van der Waals surface area contributed by atoms with E-state index in [0.29, 0.717) is 10.6 Å². The van der Waals surface area contributed by atoms with E-state index in [0.717, 1.165) is 11.3 Å². The van der Waals surface area contributed by atoms with Gasteiger partial charge in [-0.1, -0.05) is 0 Å². The molecule has 0 aliphatic carbocycles. The van der Waals surface area contributed by atoms with Gasteiger partial charge in [0, 0.05) is 0 Å². The van der Waals surface area contributed by atoms with E-state index in [2.05, 4.69) is 15.0 Å². The molecule has 0 unspecified atom stereocenters. The van der Waals surface area contributed by atoms with Crippen LogP contribution in [-0.4, -0.2) is 60.9 Å². The molecule has 1 aromatic heterocycles. The number of hydrogen-bond donors (Lipinski definition) is 2. The van der Waals surface area contributed by atoms with Crippen LogP contribution in [0.5, 0.6) is 0 Å². The predicted octanol–water partition coefficient (Wildman–Crippen LogP) is 1.92. The Bertz CT molecular complexity index is 801. The van der Waals surface area contributed by atoms with Crippen LogP contribution in [0.3, 0.4) is 0 Å². The van der Waals surface area contributed by atoms with Crippen molar-refractivity contribution in [3.8, 4) is 0 Å². The number of carbonyl (C=O) groups is 3. The van der Waals surface area contributed by atoms with Gasteiger partial charge in [-0.05, 0) is 0 Å². The summed E-state index contributed by atoms with van der Waals surface area (Å²) in [5.41, 5.74) is 1.39. The Hall–Kier alpha value is -1.69. The normalized spacial score (nSPS) is 20.7. The maximum absolute atomic E-state index is 12.5. The molecule has 1 aliphatic rings. The van der Waals surface area contributed by atoms with Gasteiger partial charge in [0.1, 0.15) is 0 Å². The van der Waals surface area contributed by atoms with E-state index in [1.54, 1.807) is 19.4 Å². The molecule has 1 amide bonds. The first-order chi connectivity index (χ1) is 14.5. The summed E-state index contributed by atoms with van der Waals surface area (Å²) < 4.78 is 25.6. The van der Waals surface area contributed by atoms with Crippen molar-refractivity contribution >= 4 is 37.4 Å². The van der Waals surface area contributed by atoms with E-state index in [1.165, 1.54) is 7.11 Å². The molecule has 0 saturated carbocycles. The average Bonchev–Trinajstić information content (AvgIpc) is 3.20. The SMILES string of the molecule is COC(=O)CCNC(=O)[C@@H]1O[PH](O)(OCOC(=O)c2scnc2C(C)C)OCC1(C)C. The third kappa shape index (κ3) is 6.90. The Morgan fingerprint density at radius 3 is 2.77 bits per heavy atom. The molecular formula is C18H29N2O9PS. The van der Waals surface area contributed by atoms with Crippen molar-refractivity contribution < 1.29 is 42.3 Å². The second-order valence-corrected chi connectivity index (χ2v) is 10.5. The summed E-state index contributed by atoms with van der Waals surface area (Å²) in [7, 11) is -2.99. The van der Waals surface area contributed by atoms with Gasteiger partial charge in [-0.3, -0.25) is 0 Å². The molecule has 1 atom stereocenters. The molecule has 2 N–H and O–H groups in total. The van der Waals surface area contributed by atoms with Gasteiger partial charge in [0.25, 0.3) is 0 Å². The molecule has 1 aromatic rings. The first-order valence-electron chi connectivity index (χ1n) is 9.62. The molecule has 0 spiro atoms. The zero-order valence-corrected chi connectivity index (χ0v) is 19.9. The number of aromatic nitrogens is 1. The van der Waals surface area contributed by atoms with E-state index in [1.807, 2.05) is 13.8 Å². The molecule has 1 fully saturated rings. The van der Waals surface area contributed by atoms with Crippen molar-refractivity contribution in [3.05, 3.63) is 16.1 Å².